The molecule has 174 valence electrons. The zero-order valence-corrected chi connectivity index (χ0v) is 20.2. The zero-order valence-electron chi connectivity index (χ0n) is 20.2. The SMILES string of the molecule is CCCCN1C(=O)c2oc3c(C)cc(C)cc3c(=O)c2C1c1cccc(OCCC(C)C)c1. The molecular weight excluding hydrogens is 414 g/mol. The van der Waals surface area contributed by atoms with Gasteiger partial charge in [0, 0.05) is 6.54 Å². The molecule has 0 N–H and O–H groups in total. The molecule has 1 aliphatic heterocycles. The smallest absolute Gasteiger partial charge is 0.290 e. The Labute approximate surface area is 195 Å². The molecule has 0 fully saturated rings. The summed E-state index contributed by atoms with van der Waals surface area (Å²) in [6.45, 7) is 11.5. The summed E-state index contributed by atoms with van der Waals surface area (Å²) in [5.74, 6) is 1.27. The first-order chi connectivity index (χ1) is 15.8. The minimum Gasteiger partial charge on any atom is -0.494 e. The van der Waals surface area contributed by atoms with Crippen LogP contribution in [0.3, 0.4) is 0 Å². The van der Waals surface area contributed by atoms with Crippen molar-refractivity contribution in [2.75, 3.05) is 13.2 Å². The number of aryl methyl sites for hydroxylation is 2. The molecule has 5 nitrogen and oxygen atoms in total. The Kier molecular flexibility index (Phi) is 6.59. The van der Waals surface area contributed by atoms with Gasteiger partial charge in [-0.25, -0.2) is 0 Å². The maximum atomic E-state index is 13.7. The zero-order chi connectivity index (χ0) is 23.7. The fourth-order valence-corrected chi connectivity index (χ4v) is 4.57. The molecule has 1 unspecified atom stereocenters. The van der Waals surface area contributed by atoms with Crippen molar-refractivity contribution in [3.63, 3.8) is 0 Å². The third kappa shape index (κ3) is 4.41. The van der Waals surface area contributed by atoms with Gasteiger partial charge in [-0.2, -0.15) is 0 Å². The fourth-order valence-electron chi connectivity index (χ4n) is 4.57. The van der Waals surface area contributed by atoms with Crippen molar-refractivity contribution in [2.24, 2.45) is 5.92 Å². The summed E-state index contributed by atoms with van der Waals surface area (Å²) in [6, 6.07) is 11.1. The van der Waals surface area contributed by atoms with Gasteiger partial charge in [-0.3, -0.25) is 9.59 Å². The van der Waals surface area contributed by atoms with Crippen LogP contribution in [-0.4, -0.2) is 24.0 Å². The van der Waals surface area contributed by atoms with Crippen LogP contribution in [0, 0.1) is 19.8 Å². The number of hydrogen-bond acceptors (Lipinski definition) is 4. The standard InChI is InChI=1S/C28H33NO4/c1-6-7-12-29-24(20-9-8-10-21(16-20)32-13-11-17(2)3)23-25(30)22-15-18(4)14-19(5)26(22)33-27(23)28(29)31/h8-10,14-17,24H,6-7,11-13H2,1-5H3. The lowest BCUT2D eigenvalue weighted by Crippen LogP contribution is -2.30. The Morgan fingerprint density at radius 3 is 2.64 bits per heavy atom. The summed E-state index contributed by atoms with van der Waals surface area (Å²) in [5, 5.41) is 0.533. The maximum Gasteiger partial charge on any atom is 0.290 e. The molecule has 1 atom stereocenters. The van der Waals surface area contributed by atoms with Crippen LogP contribution < -0.4 is 10.2 Å². The molecular formula is C28H33NO4. The van der Waals surface area contributed by atoms with E-state index in [1.807, 2.05) is 50.2 Å². The van der Waals surface area contributed by atoms with Gasteiger partial charge in [0.15, 0.2) is 5.43 Å². The van der Waals surface area contributed by atoms with E-state index in [-0.39, 0.29) is 17.1 Å². The summed E-state index contributed by atoms with van der Waals surface area (Å²) in [4.78, 5) is 29.0. The van der Waals surface area contributed by atoms with E-state index in [9.17, 15) is 9.59 Å². The van der Waals surface area contributed by atoms with Crippen LogP contribution in [0.2, 0.25) is 0 Å². The highest BCUT2D eigenvalue weighted by molar-refractivity contribution is 5.99. The molecule has 0 aliphatic carbocycles. The Balaban J connectivity index is 1.84. The van der Waals surface area contributed by atoms with Crippen molar-refractivity contribution < 1.29 is 13.9 Å². The summed E-state index contributed by atoms with van der Waals surface area (Å²) < 4.78 is 12.1. The first kappa shape index (κ1) is 23.1. The van der Waals surface area contributed by atoms with Crippen LogP contribution in [0.4, 0.5) is 0 Å². The van der Waals surface area contributed by atoms with Gasteiger partial charge in [-0.15, -0.1) is 0 Å². The molecule has 0 saturated heterocycles. The minimum absolute atomic E-state index is 0.124. The molecule has 2 aromatic carbocycles. The van der Waals surface area contributed by atoms with E-state index in [0.717, 1.165) is 41.7 Å². The number of ether oxygens (including phenoxy) is 1. The number of hydrogen-bond donors (Lipinski definition) is 0. The van der Waals surface area contributed by atoms with Gasteiger partial charge < -0.3 is 14.1 Å². The summed E-state index contributed by atoms with van der Waals surface area (Å²) in [5.41, 5.74) is 3.55. The van der Waals surface area contributed by atoms with Crippen molar-refractivity contribution in [1.29, 1.82) is 0 Å². The van der Waals surface area contributed by atoms with Gasteiger partial charge in [0.05, 0.1) is 23.6 Å². The number of carbonyl (C=O) groups excluding carboxylic acids is 1. The number of carbonyl (C=O) groups is 1. The molecule has 2 heterocycles. The van der Waals surface area contributed by atoms with E-state index < -0.39 is 6.04 Å². The van der Waals surface area contributed by atoms with Crippen LogP contribution in [0.25, 0.3) is 11.0 Å². The Bertz CT molecular complexity index is 1240. The van der Waals surface area contributed by atoms with Crippen LogP contribution in [0.5, 0.6) is 5.75 Å². The van der Waals surface area contributed by atoms with E-state index in [2.05, 4.69) is 20.8 Å². The van der Waals surface area contributed by atoms with Gasteiger partial charge in [0.2, 0.25) is 5.76 Å². The van der Waals surface area contributed by atoms with E-state index in [4.69, 9.17) is 9.15 Å². The molecule has 1 amide bonds. The predicted molar refractivity (Wildman–Crippen MR) is 131 cm³/mol. The van der Waals surface area contributed by atoms with Crippen LogP contribution in [0.15, 0.2) is 45.6 Å². The second-order valence-electron chi connectivity index (χ2n) is 9.49. The second-order valence-corrected chi connectivity index (χ2v) is 9.49. The summed E-state index contributed by atoms with van der Waals surface area (Å²) in [6.07, 6.45) is 2.77. The van der Waals surface area contributed by atoms with Gasteiger partial charge in [0.1, 0.15) is 11.3 Å². The molecule has 5 heteroatoms. The van der Waals surface area contributed by atoms with Gasteiger partial charge in [-0.1, -0.05) is 45.4 Å². The van der Waals surface area contributed by atoms with E-state index >= 15 is 0 Å². The predicted octanol–water partition coefficient (Wildman–Crippen LogP) is 6.18. The Hall–Kier alpha value is -3.08. The third-order valence-electron chi connectivity index (χ3n) is 6.29. The van der Waals surface area contributed by atoms with Crippen molar-refractivity contribution in [3.8, 4) is 5.75 Å². The normalized spacial score (nSPS) is 15.5. The maximum absolute atomic E-state index is 13.7. The molecule has 1 aliphatic rings. The van der Waals surface area contributed by atoms with E-state index in [0.29, 0.717) is 35.6 Å². The van der Waals surface area contributed by atoms with E-state index in [1.165, 1.54) is 0 Å². The monoisotopic (exact) mass is 447 g/mol. The van der Waals surface area contributed by atoms with Gasteiger partial charge in [-0.05, 0) is 67.5 Å². The number of amides is 1. The molecule has 33 heavy (non-hydrogen) atoms. The van der Waals surface area contributed by atoms with Crippen molar-refractivity contribution >= 4 is 16.9 Å². The second kappa shape index (κ2) is 9.42. The average molecular weight is 448 g/mol. The highest BCUT2D eigenvalue weighted by Gasteiger charge is 2.42. The summed E-state index contributed by atoms with van der Waals surface area (Å²) in [7, 11) is 0. The summed E-state index contributed by atoms with van der Waals surface area (Å²) >= 11 is 0. The van der Waals surface area contributed by atoms with E-state index in [1.54, 1.807) is 4.90 Å². The fraction of sp³-hybridized carbons (Fsp3) is 0.429. The lowest BCUT2D eigenvalue weighted by Gasteiger charge is -2.25. The topological polar surface area (TPSA) is 59.8 Å². The number of unbranched alkanes of at least 4 members (excludes halogenated alkanes) is 1. The van der Waals surface area contributed by atoms with Crippen molar-refractivity contribution in [2.45, 2.75) is 59.9 Å². The van der Waals surface area contributed by atoms with Crippen molar-refractivity contribution in [1.82, 2.24) is 4.90 Å². The van der Waals surface area contributed by atoms with Crippen molar-refractivity contribution in [3.05, 3.63) is 74.6 Å². The number of benzene rings is 2. The molecule has 0 radical (unpaired) electrons. The lowest BCUT2D eigenvalue weighted by molar-refractivity contribution is 0.0725. The van der Waals surface area contributed by atoms with Crippen LogP contribution >= 0.6 is 0 Å². The van der Waals surface area contributed by atoms with Crippen LogP contribution in [0.1, 0.15) is 78.9 Å². The Morgan fingerprint density at radius 2 is 1.91 bits per heavy atom. The largest absolute Gasteiger partial charge is 0.494 e. The quantitative estimate of drug-likeness (QED) is 0.414. The number of rotatable bonds is 8. The molecule has 0 saturated carbocycles. The molecule has 3 aromatic rings. The first-order valence-corrected chi connectivity index (χ1v) is 11.9. The molecule has 4 rings (SSSR count). The Morgan fingerprint density at radius 1 is 1.12 bits per heavy atom. The van der Waals surface area contributed by atoms with Gasteiger partial charge >= 0.3 is 0 Å². The molecule has 0 spiro atoms. The lowest BCUT2D eigenvalue weighted by atomic mass is 9.97. The first-order valence-electron chi connectivity index (χ1n) is 11.9. The molecule has 1 aromatic heterocycles. The highest BCUT2D eigenvalue weighted by Crippen LogP contribution is 2.39. The highest BCUT2D eigenvalue weighted by atomic mass is 16.5. The average Bonchev–Trinajstić information content (AvgIpc) is 3.05. The third-order valence-corrected chi connectivity index (χ3v) is 6.29. The van der Waals surface area contributed by atoms with Crippen LogP contribution in [-0.2, 0) is 0 Å². The number of fused-ring (bicyclic) bond motifs is 2. The number of nitrogens with zero attached hydrogens (tertiary/aromatic N) is 1. The molecule has 0 bridgehead atoms. The minimum atomic E-state index is -0.478. The van der Waals surface area contributed by atoms with Gasteiger partial charge in [0.25, 0.3) is 5.91 Å².